The fourth-order valence-corrected chi connectivity index (χ4v) is 3.58. The quantitative estimate of drug-likeness (QED) is 0.595. The molecule has 1 aliphatic heterocycles. The van der Waals surface area contributed by atoms with Gasteiger partial charge < -0.3 is 9.84 Å². The van der Waals surface area contributed by atoms with E-state index in [-0.39, 0.29) is 0 Å². The normalized spacial score (nSPS) is 17.6. The van der Waals surface area contributed by atoms with Gasteiger partial charge in [-0.1, -0.05) is 5.16 Å². The predicted octanol–water partition coefficient (Wildman–Crippen LogP) is 2.18. The molecule has 1 unspecified atom stereocenters. The summed E-state index contributed by atoms with van der Waals surface area (Å²) in [5.41, 5.74) is 4.07. The predicted molar refractivity (Wildman–Crippen MR) is 98.1 cm³/mol. The van der Waals surface area contributed by atoms with Crippen LogP contribution in [0.3, 0.4) is 0 Å². The first-order chi connectivity index (χ1) is 13.2. The molecular formula is C18H20N8O. The molecule has 5 heterocycles. The van der Waals surface area contributed by atoms with Crippen LogP contribution in [0.5, 0.6) is 0 Å². The molecular weight excluding hydrogens is 344 g/mol. The minimum Gasteiger partial charge on any atom is -0.332 e. The van der Waals surface area contributed by atoms with E-state index < -0.39 is 0 Å². The number of rotatable bonds is 3. The van der Waals surface area contributed by atoms with Crippen molar-refractivity contribution in [2.75, 3.05) is 13.1 Å². The molecule has 0 saturated carbocycles. The summed E-state index contributed by atoms with van der Waals surface area (Å²) >= 11 is 0. The van der Waals surface area contributed by atoms with Crippen molar-refractivity contribution in [3.8, 4) is 23.0 Å². The third-order valence-electron chi connectivity index (χ3n) is 4.92. The average molecular weight is 364 g/mol. The highest BCUT2D eigenvalue weighted by Gasteiger charge is 2.20. The molecule has 1 aliphatic rings. The van der Waals surface area contributed by atoms with Crippen LogP contribution in [0.2, 0.25) is 0 Å². The zero-order valence-electron chi connectivity index (χ0n) is 15.3. The van der Waals surface area contributed by atoms with Crippen LogP contribution < -0.4 is 5.32 Å². The zero-order valence-corrected chi connectivity index (χ0v) is 15.3. The highest BCUT2D eigenvalue weighted by Crippen LogP contribution is 2.25. The van der Waals surface area contributed by atoms with Crippen molar-refractivity contribution < 1.29 is 4.52 Å². The second-order valence-electron chi connectivity index (χ2n) is 6.94. The Morgan fingerprint density at radius 3 is 3.04 bits per heavy atom. The van der Waals surface area contributed by atoms with Crippen LogP contribution in [-0.2, 0) is 0 Å². The number of aromatic nitrogens is 7. The largest absolute Gasteiger partial charge is 0.332 e. The molecule has 0 amide bonds. The average Bonchev–Trinajstić information content (AvgIpc) is 3.41. The summed E-state index contributed by atoms with van der Waals surface area (Å²) in [6.07, 6.45) is 5.97. The van der Waals surface area contributed by atoms with Crippen molar-refractivity contribution in [3.63, 3.8) is 0 Å². The first-order valence-electron chi connectivity index (χ1n) is 9.11. The second kappa shape index (κ2) is 6.27. The van der Waals surface area contributed by atoms with Gasteiger partial charge in [0.15, 0.2) is 11.3 Å². The summed E-state index contributed by atoms with van der Waals surface area (Å²) in [5, 5.41) is 16.5. The van der Waals surface area contributed by atoms with Gasteiger partial charge in [-0.3, -0.25) is 4.68 Å². The number of hydrogen-bond acceptors (Lipinski definition) is 7. The highest BCUT2D eigenvalue weighted by molar-refractivity contribution is 5.72. The molecule has 5 rings (SSSR count). The smallest absolute Gasteiger partial charge is 0.278 e. The van der Waals surface area contributed by atoms with Crippen molar-refractivity contribution in [1.82, 2.24) is 39.8 Å². The van der Waals surface area contributed by atoms with E-state index >= 15 is 0 Å². The molecule has 4 aromatic heterocycles. The van der Waals surface area contributed by atoms with E-state index in [1.807, 2.05) is 36.9 Å². The Bertz CT molecular complexity index is 1100. The molecule has 0 spiro atoms. The number of hydrogen-bond donors (Lipinski definition) is 1. The molecule has 27 heavy (non-hydrogen) atoms. The fourth-order valence-electron chi connectivity index (χ4n) is 3.58. The van der Waals surface area contributed by atoms with E-state index in [0.717, 1.165) is 48.5 Å². The van der Waals surface area contributed by atoms with Gasteiger partial charge in [0.1, 0.15) is 0 Å². The van der Waals surface area contributed by atoms with E-state index in [1.165, 1.54) is 0 Å². The number of piperidine rings is 1. The van der Waals surface area contributed by atoms with Gasteiger partial charge in [-0.25, -0.2) is 9.50 Å². The molecule has 0 radical (unpaired) electrons. The minimum absolute atomic E-state index is 0.365. The second-order valence-corrected chi connectivity index (χ2v) is 6.94. The van der Waals surface area contributed by atoms with Gasteiger partial charge in [0.05, 0.1) is 17.8 Å². The Morgan fingerprint density at radius 2 is 2.19 bits per heavy atom. The van der Waals surface area contributed by atoms with E-state index in [4.69, 9.17) is 4.52 Å². The molecule has 0 aromatic carbocycles. The molecule has 1 fully saturated rings. The third kappa shape index (κ3) is 2.80. The molecule has 9 nitrogen and oxygen atoms in total. The Labute approximate surface area is 155 Å². The zero-order chi connectivity index (χ0) is 18.4. The Kier molecular flexibility index (Phi) is 3.75. The lowest BCUT2D eigenvalue weighted by Crippen LogP contribution is -2.31. The van der Waals surface area contributed by atoms with Crippen LogP contribution in [0, 0.1) is 13.8 Å². The molecule has 0 bridgehead atoms. The lowest BCUT2D eigenvalue weighted by atomic mass is 10.1. The van der Waals surface area contributed by atoms with Crippen LogP contribution in [0.15, 0.2) is 29.0 Å². The molecule has 0 aliphatic carbocycles. The maximum atomic E-state index is 5.47. The van der Waals surface area contributed by atoms with E-state index in [1.54, 1.807) is 10.7 Å². The van der Waals surface area contributed by atoms with Crippen LogP contribution in [0.1, 0.15) is 30.3 Å². The molecule has 4 aromatic rings. The number of fused-ring (bicyclic) bond motifs is 1. The Morgan fingerprint density at radius 1 is 1.26 bits per heavy atom. The van der Waals surface area contributed by atoms with Crippen molar-refractivity contribution in [3.05, 3.63) is 35.9 Å². The molecule has 1 N–H and O–H groups in total. The van der Waals surface area contributed by atoms with Gasteiger partial charge in [0.2, 0.25) is 5.82 Å². The van der Waals surface area contributed by atoms with E-state index in [0.29, 0.717) is 23.5 Å². The van der Waals surface area contributed by atoms with Gasteiger partial charge in [0, 0.05) is 24.1 Å². The molecule has 9 heteroatoms. The SMILES string of the molecule is Cc1cc(C)n2ncc(-c3noc(-c4ccn(C5CCCNC5)n4)n3)c2n1. The Hall–Kier alpha value is -3.07. The summed E-state index contributed by atoms with van der Waals surface area (Å²) in [5.74, 6) is 0.864. The van der Waals surface area contributed by atoms with Crippen LogP contribution in [0.4, 0.5) is 0 Å². The van der Waals surface area contributed by atoms with E-state index in [2.05, 4.69) is 30.6 Å². The lowest BCUT2D eigenvalue weighted by Gasteiger charge is -2.22. The van der Waals surface area contributed by atoms with Crippen LogP contribution >= 0.6 is 0 Å². The van der Waals surface area contributed by atoms with Gasteiger partial charge in [-0.15, -0.1) is 0 Å². The van der Waals surface area contributed by atoms with Crippen molar-refractivity contribution in [1.29, 1.82) is 0 Å². The monoisotopic (exact) mass is 364 g/mol. The van der Waals surface area contributed by atoms with Crippen LogP contribution in [-0.4, -0.2) is 47.6 Å². The fraction of sp³-hybridized carbons (Fsp3) is 0.389. The van der Waals surface area contributed by atoms with Gasteiger partial charge >= 0.3 is 0 Å². The van der Waals surface area contributed by atoms with Crippen molar-refractivity contribution in [2.24, 2.45) is 0 Å². The minimum atomic E-state index is 0.365. The maximum Gasteiger partial charge on any atom is 0.278 e. The van der Waals surface area contributed by atoms with Crippen molar-refractivity contribution >= 4 is 5.65 Å². The number of aryl methyl sites for hydroxylation is 2. The highest BCUT2D eigenvalue weighted by atomic mass is 16.5. The van der Waals surface area contributed by atoms with Crippen LogP contribution in [0.25, 0.3) is 28.6 Å². The number of nitrogens with zero attached hydrogens (tertiary/aromatic N) is 7. The van der Waals surface area contributed by atoms with Gasteiger partial charge in [-0.2, -0.15) is 15.2 Å². The summed E-state index contributed by atoms with van der Waals surface area (Å²) in [7, 11) is 0. The summed E-state index contributed by atoms with van der Waals surface area (Å²) in [4.78, 5) is 9.10. The lowest BCUT2D eigenvalue weighted by molar-refractivity contribution is 0.346. The summed E-state index contributed by atoms with van der Waals surface area (Å²) < 4.78 is 9.23. The van der Waals surface area contributed by atoms with Gasteiger partial charge in [0.25, 0.3) is 5.89 Å². The first-order valence-corrected chi connectivity index (χ1v) is 9.11. The Balaban J connectivity index is 1.48. The first kappa shape index (κ1) is 16.1. The topological polar surface area (TPSA) is 99.0 Å². The molecule has 1 saturated heterocycles. The summed E-state index contributed by atoms with van der Waals surface area (Å²) in [6.45, 7) is 5.96. The van der Waals surface area contributed by atoms with Gasteiger partial charge in [-0.05, 0) is 45.4 Å². The maximum absolute atomic E-state index is 5.47. The summed E-state index contributed by atoms with van der Waals surface area (Å²) in [6, 6.07) is 4.26. The molecule has 138 valence electrons. The van der Waals surface area contributed by atoms with Crippen molar-refractivity contribution in [2.45, 2.75) is 32.7 Å². The third-order valence-corrected chi connectivity index (χ3v) is 4.92. The number of nitrogens with one attached hydrogen (secondary N) is 1. The molecule has 1 atom stereocenters. The van der Waals surface area contributed by atoms with E-state index in [9.17, 15) is 0 Å². The standard InChI is InChI=1S/C18H20N8O/c1-11-8-12(2)26-17(21-11)14(10-20-26)16-22-18(27-24-16)15-5-7-25(23-15)13-4-3-6-19-9-13/h5,7-8,10,13,19H,3-4,6,9H2,1-2H3.